The summed E-state index contributed by atoms with van der Waals surface area (Å²) in [4.78, 5) is 26.3. The van der Waals surface area contributed by atoms with Crippen molar-refractivity contribution in [3.05, 3.63) is 36.5 Å². The lowest BCUT2D eigenvalue weighted by Crippen LogP contribution is -2.35. The number of hydrogen-bond acceptors (Lipinski definition) is 2. The molecular weight excluding hydrogens is 264 g/mol. The van der Waals surface area contributed by atoms with E-state index in [4.69, 9.17) is 0 Å². The Morgan fingerprint density at radius 1 is 0.905 bits per heavy atom. The van der Waals surface area contributed by atoms with E-state index in [2.05, 4.69) is 0 Å². The third kappa shape index (κ3) is 2.99. The lowest BCUT2D eigenvalue weighted by Gasteiger charge is -2.26. The standard InChI is InChI=1S/C17H20N2O2/c20-16(18-11-4-1-5-12-18)8-9-17(21)19-13-10-14-6-2-3-7-15(14)19/h2-3,6-7,10,13H,1,4-5,8-9,11-12H2. The van der Waals surface area contributed by atoms with Crippen LogP contribution in [-0.2, 0) is 4.79 Å². The maximum absolute atomic E-state index is 12.3. The molecule has 1 amide bonds. The number of rotatable bonds is 3. The predicted molar refractivity (Wildman–Crippen MR) is 82.2 cm³/mol. The van der Waals surface area contributed by atoms with Gasteiger partial charge in [-0.05, 0) is 31.4 Å². The van der Waals surface area contributed by atoms with Gasteiger partial charge >= 0.3 is 0 Å². The zero-order valence-corrected chi connectivity index (χ0v) is 12.1. The van der Waals surface area contributed by atoms with Gasteiger partial charge in [-0.15, -0.1) is 0 Å². The van der Waals surface area contributed by atoms with E-state index in [0.717, 1.165) is 36.8 Å². The van der Waals surface area contributed by atoms with E-state index in [0.29, 0.717) is 6.42 Å². The first-order valence-corrected chi connectivity index (χ1v) is 7.63. The first kappa shape index (κ1) is 13.9. The van der Waals surface area contributed by atoms with E-state index in [1.807, 2.05) is 35.2 Å². The van der Waals surface area contributed by atoms with Gasteiger partial charge in [0.25, 0.3) is 0 Å². The van der Waals surface area contributed by atoms with Crippen molar-refractivity contribution in [1.82, 2.24) is 9.47 Å². The van der Waals surface area contributed by atoms with Crippen molar-refractivity contribution >= 4 is 22.7 Å². The summed E-state index contributed by atoms with van der Waals surface area (Å²) in [6.45, 7) is 1.69. The average molecular weight is 284 g/mol. The normalized spacial score (nSPS) is 15.3. The highest BCUT2D eigenvalue weighted by Gasteiger charge is 2.18. The Bertz CT molecular complexity index is 654. The zero-order valence-electron chi connectivity index (χ0n) is 12.1. The van der Waals surface area contributed by atoms with Gasteiger partial charge in [0.2, 0.25) is 11.8 Å². The van der Waals surface area contributed by atoms with E-state index in [9.17, 15) is 9.59 Å². The molecule has 0 aliphatic carbocycles. The molecule has 0 spiro atoms. The van der Waals surface area contributed by atoms with E-state index >= 15 is 0 Å². The van der Waals surface area contributed by atoms with Crippen molar-refractivity contribution in [3.63, 3.8) is 0 Å². The van der Waals surface area contributed by atoms with Gasteiger partial charge in [0.05, 0.1) is 5.52 Å². The molecule has 0 bridgehead atoms. The Labute approximate surface area is 124 Å². The van der Waals surface area contributed by atoms with Gasteiger partial charge in [-0.25, -0.2) is 0 Å². The van der Waals surface area contributed by atoms with Crippen molar-refractivity contribution in [2.24, 2.45) is 0 Å². The molecule has 1 aromatic carbocycles. The summed E-state index contributed by atoms with van der Waals surface area (Å²) in [6.07, 6.45) is 5.75. The maximum atomic E-state index is 12.3. The number of aromatic nitrogens is 1. The number of piperidine rings is 1. The summed E-state index contributed by atoms with van der Waals surface area (Å²) in [7, 11) is 0. The minimum absolute atomic E-state index is 0.0124. The molecule has 1 fully saturated rings. The largest absolute Gasteiger partial charge is 0.343 e. The van der Waals surface area contributed by atoms with E-state index in [1.54, 1.807) is 10.8 Å². The molecule has 1 aliphatic heterocycles. The number of carbonyl (C=O) groups excluding carboxylic acids is 2. The maximum Gasteiger partial charge on any atom is 0.231 e. The first-order valence-electron chi connectivity index (χ1n) is 7.63. The molecule has 110 valence electrons. The molecule has 2 aromatic rings. The predicted octanol–water partition coefficient (Wildman–Crippen LogP) is 3.07. The van der Waals surface area contributed by atoms with Gasteiger partial charge in [0.15, 0.2) is 0 Å². The smallest absolute Gasteiger partial charge is 0.231 e. The average Bonchev–Trinajstić information content (AvgIpc) is 2.97. The highest BCUT2D eigenvalue weighted by Crippen LogP contribution is 2.16. The molecular formula is C17H20N2O2. The summed E-state index contributed by atoms with van der Waals surface area (Å²) in [5.74, 6) is 0.0982. The van der Waals surface area contributed by atoms with Crippen LogP contribution in [0.2, 0.25) is 0 Å². The number of amides is 1. The van der Waals surface area contributed by atoms with Crippen LogP contribution in [0.15, 0.2) is 36.5 Å². The fourth-order valence-corrected chi connectivity index (χ4v) is 2.94. The topological polar surface area (TPSA) is 42.3 Å². The number of benzene rings is 1. The van der Waals surface area contributed by atoms with E-state index in [-0.39, 0.29) is 18.2 Å². The lowest BCUT2D eigenvalue weighted by atomic mass is 10.1. The molecule has 3 rings (SSSR count). The van der Waals surface area contributed by atoms with Crippen LogP contribution in [0.4, 0.5) is 0 Å². The summed E-state index contributed by atoms with van der Waals surface area (Å²) >= 11 is 0. The lowest BCUT2D eigenvalue weighted by molar-refractivity contribution is -0.132. The molecule has 1 aromatic heterocycles. The van der Waals surface area contributed by atoms with Gasteiger partial charge in [-0.3, -0.25) is 14.2 Å². The molecule has 0 radical (unpaired) electrons. The second-order valence-electron chi connectivity index (χ2n) is 5.58. The van der Waals surface area contributed by atoms with Gasteiger partial charge in [0.1, 0.15) is 0 Å². The van der Waals surface area contributed by atoms with Crippen molar-refractivity contribution in [2.75, 3.05) is 13.1 Å². The Kier molecular flexibility index (Phi) is 4.04. The summed E-state index contributed by atoms with van der Waals surface area (Å²) < 4.78 is 1.65. The summed E-state index contributed by atoms with van der Waals surface area (Å²) in [6, 6.07) is 9.72. The van der Waals surface area contributed by atoms with Gasteiger partial charge in [-0.2, -0.15) is 0 Å². The third-order valence-corrected chi connectivity index (χ3v) is 4.13. The van der Waals surface area contributed by atoms with Crippen molar-refractivity contribution in [1.29, 1.82) is 0 Å². The Morgan fingerprint density at radius 2 is 1.62 bits per heavy atom. The highest BCUT2D eigenvalue weighted by molar-refractivity contribution is 5.93. The summed E-state index contributed by atoms with van der Waals surface area (Å²) in [5, 5.41) is 1.05. The van der Waals surface area contributed by atoms with Crippen molar-refractivity contribution in [2.45, 2.75) is 32.1 Å². The van der Waals surface area contributed by atoms with Gasteiger partial charge in [-0.1, -0.05) is 18.2 Å². The fourth-order valence-electron chi connectivity index (χ4n) is 2.94. The van der Waals surface area contributed by atoms with E-state index in [1.165, 1.54) is 6.42 Å². The van der Waals surface area contributed by atoms with Crippen LogP contribution in [0.3, 0.4) is 0 Å². The summed E-state index contributed by atoms with van der Waals surface area (Å²) in [5.41, 5.74) is 0.910. The number of carbonyl (C=O) groups is 2. The van der Waals surface area contributed by atoms with Crippen LogP contribution in [0, 0.1) is 0 Å². The van der Waals surface area contributed by atoms with Crippen LogP contribution >= 0.6 is 0 Å². The Morgan fingerprint density at radius 3 is 2.43 bits per heavy atom. The van der Waals surface area contributed by atoms with Crippen LogP contribution in [0.1, 0.15) is 36.9 Å². The van der Waals surface area contributed by atoms with Crippen molar-refractivity contribution < 1.29 is 9.59 Å². The van der Waals surface area contributed by atoms with Crippen LogP contribution in [-0.4, -0.2) is 34.4 Å². The molecule has 4 nitrogen and oxygen atoms in total. The van der Waals surface area contributed by atoms with Crippen molar-refractivity contribution in [3.8, 4) is 0 Å². The number of fused-ring (bicyclic) bond motifs is 1. The second-order valence-corrected chi connectivity index (χ2v) is 5.58. The zero-order chi connectivity index (χ0) is 14.7. The molecule has 2 heterocycles. The number of hydrogen-bond donors (Lipinski definition) is 0. The molecule has 0 atom stereocenters. The molecule has 0 saturated carbocycles. The van der Waals surface area contributed by atoms with Crippen LogP contribution < -0.4 is 0 Å². The monoisotopic (exact) mass is 284 g/mol. The minimum Gasteiger partial charge on any atom is -0.343 e. The molecule has 1 saturated heterocycles. The SMILES string of the molecule is O=C(CCC(=O)n1ccc2ccccc21)N1CCCCC1. The van der Waals surface area contributed by atoms with Gasteiger partial charge < -0.3 is 4.90 Å². The minimum atomic E-state index is -0.0124. The highest BCUT2D eigenvalue weighted by atomic mass is 16.2. The Balaban J connectivity index is 1.62. The molecule has 0 unspecified atom stereocenters. The number of nitrogens with zero attached hydrogens (tertiary/aromatic N) is 2. The van der Waals surface area contributed by atoms with E-state index < -0.39 is 0 Å². The first-order chi connectivity index (χ1) is 10.3. The quantitative estimate of drug-likeness (QED) is 0.869. The molecule has 4 heteroatoms. The number of para-hydroxylation sites is 1. The van der Waals surface area contributed by atoms with Crippen LogP contribution in [0.5, 0.6) is 0 Å². The van der Waals surface area contributed by atoms with Gasteiger partial charge in [0, 0.05) is 37.5 Å². The molecule has 0 N–H and O–H groups in total. The second kappa shape index (κ2) is 6.12. The molecule has 21 heavy (non-hydrogen) atoms. The molecule has 1 aliphatic rings. The van der Waals surface area contributed by atoms with Crippen LogP contribution in [0.25, 0.3) is 10.9 Å². The fraction of sp³-hybridized carbons (Fsp3) is 0.412. The number of likely N-dealkylation sites (tertiary alicyclic amines) is 1. The third-order valence-electron chi connectivity index (χ3n) is 4.13. The Hall–Kier alpha value is -2.10.